The lowest BCUT2D eigenvalue weighted by Crippen LogP contribution is -2.17. The Morgan fingerprint density at radius 2 is 2.23 bits per heavy atom. The van der Waals surface area contributed by atoms with E-state index in [4.69, 9.17) is 15.5 Å². The second kappa shape index (κ2) is 6.88. The van der Waals surface area contributed by atoms with Crippen LogP contribution < -0.4 is 5.73 Å². The molecule has 0 radical (unpaired) electrons. The van der Waals surface area contributed by atoms with Crippen molar-refractivity contribution in [1.82, 2.24) is 0 Å². The minimum atomic E-state index is -2.51. The zero-order valence-corrected chi connectivity index (χ0v) is 8.69. The average Bonchev–Trinajstić information content (AvgIpc) is 2.10. The summed E-state index contributed by atoms with van der Waals surface area (Å²) in [7, 11) is -2.51. The van der Waals surface area contributed by atoms with E-state index in [1.165, 1.54) is 0 Å². The van der Waals surface area contributed by atoms with Crippen molar-refractivity contribution in [1.29, 1.82) is 0 Å². The summed E-state index contributed by atoms with van der Waals surface area (Å²) in [6, 6.07) is 0. The van der Waals surface area contributed by atoms with Crippen LogP contribution >= 0.6 is 8.25 Å². The SMILES string of the molecule is CC(C)CO[PH](=O)OCC(N)=NO. The minimum Gasteiger partial charge on any atom is -0.409 e. The Balaban J connectivity index is 3.52. The van der Waals surface area contributed by atoms with Crippen LogP contribution in [0.4, 0.5) is 0 Å². The highest BCUT2D eigenvalue weighted by molar-refractivity contribution is 7.33. The molecule has 1 unspecified atom stereocenters. The first-order chi connectivity index (χ1) is 6.06. The molecule has 3 N–H and O–H groups in total. The molecule has 13 heavy (non-hydrogen) atoms. The Kier molecular flexibility index (Phi) is 6.58. The number of hydrogen-bond donors (Lipinski definition) is 2. The van der Waals surface area contributed by atoms with E-state index in [2.05, 4.69) is 9.68 Å². The van der Waals surface area contributed by atoms with Crippen LogP contribution in [0.3, 0.4) is 0 Å². The van der Waals surface area contributed by atoms with Crippen LogP contribution in [0.25, 0.3) is 0 Å². The van der Waals surface area contributed by atoms with Gasteiger partial charge in [0.1, 0.15) is 6.61 Å². The second-order valence-electron chi connectivity index (χ2n) is 2.83. The Labute approximate surface area is 77.7 Å². The van der Waals surface area contributed by atoms with Gasteiger partial charge in [-0.1, -0.05) is 19.0 Å². The molecule has 0 aliphatic heterocycles. The van der Waals surface area contributed by atoms with Crippen LogP contribution in [-0.2, 0) is 13.6 Å². The smallest absolute Gasteiger partial charge is 0.319 e. The summed E-state index contributed by atoms with van der Waals surface area (Å²) in [5.74, 6) is 0.160. The molecule has 7 heteroatoms. The van der Waals surface area contributed by atoms with Crippen molar-refractivity contribution >= 4 is 14.1 Å². The van der Waals surface area contributed by atoms with E-state index in [0.717, 1.165) is 0 Å². The molecule has 0 saturated heterocycles. The van der Waals surface area contributed by atoms with E-state index in [1.807, 2.05) is 13.8 Å². The van der Waals surface area contributed by atoms with Crippen molar-refractivity contribution in [2.24, 2.45) is 16.8 Å². The predicted molar refractivity (Wildman–Crippen MR) is 49.2 cm³/mol. The second-order valence-corrected chi connectivity index (χ2v) is 3.91. The lowest BCUT2D eigenvalue weighted by Gasteiger charge is -2.06. The molecule has 6 nitrogen and oxygen atoms in total. The van der Waals surface area contributed by atoms with Crippen LogP contribution in [0.2, 0.25) is 0 Å². The summed E-state index contributed by atoms with van der Waals surface area (Å²) in [4.78, 5) is 0. The third kappa shape index (κ3) is 7.77. The molecule has 0 saturated carbocycles. The molecule has 0 bridgehead atoms. The van der Waals surface area contributed by atoms with Gasteiger partial charge < -0.3 is 20.0 Å². The molecular formula is C6H15N2O4P. The largest absolute Gasteiger partial charge is 0.409 e. The predicted octanol–water partition coefficient (Wildman–Crippen LogP) is 0.812. The summed E-state index contributed by atoms with van der Waals surface area (Å²) in [5.41, 5.74) is 5.07. The zero-order valence-electron chi connectivity index (χ0n) is 7.69. The van der Waals surface area contributed by atoms with E-state index < -0.39 is 8.25 Å². The van der Waals surface area contributed by atoms with E-state index in [9.17, 15) is 4.57 Å². The first kappa shape index (κ1) is 12.4. The summed E-state index contributed by atoms with van der Waals surface area (Å²) in [5, 5.41) is 10.8. The van der Waals surface area contributed by atoms with Gasteiger partial charge in [0.2, 0.25) is 0 Å². The lowest BCUT2D eigenvalue weighted by molar-refractivity contribution is 0.219. The normalized spacial score (nSPS) is 14.8. The lowest BCUT2D eigenvalue weighted by atomic mass is 10.2. The molecule has 1 atom stereocenters. The first-order valence-corrected chi connectivity index (χ1v) is 5.04. The van der Waals surface area contributed by atoms with E-state index in [1.54, 1.807) is 0 Å². The van der Waals surface area contributed by atoms with Crippen LogP contribution in [0, 0.1) is 5.92 Å². The van der Waals surface area contributed by atoms with E-state index in [-0.39, 0.29) is 12.4 Å². The quantitative estimate of drug-likeness (QED) is 0.222. The highest BCUT2D eigenvalue weighted by atomic mass is 31.1. The van der Waals surface area contributed by atoms with E-state index >= 15 is 0 Å². The molecule has 0 fully saturated rings. The minimum absolute atomic E-state index is 0.133. The highest BCUT2D eigenvalue weighted by Gasteiger charge is 2.03. The van der Waals surface area contributed by atoms with Crippen molar-refractivity contribution in [3.8, 4) is 0 Å². The zero-order chi connectivity index (χ0) is 10.3. The van der Waals surface area contributed by atoms with Crippen LogP contribution in [0.5, 0.6) is 0 Å². The van der Waals surface area contributed by atoms with Crippen molar-refractivity contribution < 1.29 is 18.8 Å². The van der Waals surface area contributed by atoms with Gasteiger partial charge in [0.15, 0.2) is 5.84 Å². The van der Waals surface area contributed by atoms with Gasteiger partial charge in [0, 0.05) is 0 Å². The fourth-order valence-corrected chi connectivity index (χ4v) is 1.26. The molecule has 0 aromatic heterocycles. The maximum Gasteiger partial charge on any atom is 0.319 e. The summed E-state index contributed by atoms with van der Waals surface area (Å²) >= 11 is 0. The molecule has 0 aromatic carbocycles. The molecule has 0 rings (SSSR count). The van der Waals surface area contributed by atoms with Crippen LogP contribution in [0.15, 0.2) is 5.16 Å². The molecule has 0 spiro atoms. The summed E-state index contributed by atoms with van der Waals surface area (Å²) in [6.45, 7) is 4.04. The standard InChI is InChI=1S/C6H15N2O4P/c1-5(2)3-11-13(10)12-4-6(7)8-9/h5,9,13H,3-4H2,1-2H3,(H2,7,8). The molecule has 0 aromatic rings. The van der Waals surface area contributed by atoms with Gasteiger partial charge in [-0.05, 0) is 5.92 Å². The molecule has 78 valence electrons. The van der Waals surface area contributed by atoms with Crippen molar-refractivity contribution in [3.05, 3.63) is 0 Å². The number of oxime groups is 1. The third-order valence-electron chi connectivity index (χ3n) is 1.00. The van der Waals surface area contributed by atoms with Gasteiger partial charge in [-0.15, -0.1) is 0 Å². The maximum atomic E-state index is 10.9. The topological polar surface area (TPSA) is 94.1 Å². The number of nitrogens with two attached hydrogens (primary N) is 1. The average molecular weight is 210 g/mol. The van der Waals surface area contributed by atoms with Crippen LogP contribution in [0.1, 0.15) is 13.8 Å². The highest BCUT2D eigenvalue weighted by Crippen LogP contribution is 2.23. The Bertz CT molecular complexity index is 195. The number of amidine groups is 1. The molecule has 0 aliphatic carbocycles. The summed E-state index contributed by atoms with van der Waals surface area (Å²) < 4.78 is 20.4. The van der Waals surface area contributed by atoms with Crippen molar-refractivity contribution in [2.45, 2.75) is 13.8 Å². The molecular weight excluding hydrogens is 195 g/mol. The van der Waals surface area contributed by atoms with Crippen LogP contribution in [-0.4, -0.2) is 24.3 Å². The molecule has 0 amide bonds. The number of rotatable bonds is 6. The van der Waals surface area contributed by atoms with Gasteiger partial charge in [-0.3, -0.25) is 4.57 Å². The Morgan fingerprint density at radius 1 is 1.62 bits per heavy atom. The molecule has 0 aliphatic rings. The monoisotopic (exact) mass is 210 g/mol. The fraction of sp³-hybridized carbons (Fsp3) is 0.833. The van der Waals surface area contributed by atoms with Gasteiger partial charge >= 0.3 is 8.25 Å². The van der Waals surface area contributed by atoms with Gasteiger partial charge in [-0.2, -0.15) is 0 Å². The number of hydrogen-bond acceptors (Lipinski definition) is 5. The van der Waals surface area contributed by atoms with Crippen molar-refractivity contribution in [2.75, 3.05) is 13.2 Å². The number of nitrogens with zero attached hydrogens (tertiary/aromatic N) is 1. The Hall–Kier alpha value is -0.580. The maximum absolute atomic E-state index is 10.9. The van der Waals surface area contributed by atoms with E-state index in [0.29, 0.717) is 12.5 Å². The third-order valence-corrected chi connectivity index (χ3v) is 1.78. The first-order valence-electron chi connectivity index (χ1n) is 3.82. The van der Waals surface area contributed by atoms with Crippen molar-refractivity contribution in [3.63, 3.8) is 0 Å². The fourth-order valence-electron chi connectivity index (χ4n) is 0.438. The van der Waals surface area contributed by atoms with Gasteiger partial charge in [-0.25, -0.2) is 0 Å². The summed E-state index contributed by atoms with van der Waals surface area (Å²) in [6.07, 6.45) is 0. The van der Waals surface area contributed by atoms with Gasteiger partial charge in [0.05, 0.1) is 6.61 Å². The molecule has 0 heterocycles. The van der Waals surface area contributed by atoms with Gasteiger partial charge in [0.25, 0.3) is 0 Å². The Morgan fingerprint density at radius 3 is 2.69 bits per heavy atom.